The van der Waals surface area contributed by atoms with Gasteiger partial charge in [-0.2, -0.15) is 0 Å². The van der Waals surface area contributed by atoms with E-state index >= 15 is 0 Å². The van der Waals surface area contributed by atoms with Crippen LogP contribution in [-0.2, 0) is 15.2 Å². The van der Waals surface area contributed by atoms with Gasteiger partial charge in [0.05, 0.1) is 30.4 Å². The van der Waals surface area contributed by atoms with Crippen LogP contribution in [0, 0.1) is 6.92 Å². The van der Waals surface area contributed by atoms with E-state index < -0.39 is 5.97 Å². The molecule has 8 nitrogen and oxygen atoms in total. The largest absolute Gasteiger partial charge is 0.462 e. The number of H-pyrrole nitrogens is 1. The van der Waals surface area contributed by atoms with Gasteiger partial charge in [-0.05, 0) is 26.3 Å². The molecule has 0 aliphatic rings. The smallest absolute Gasteiger partial charge is 0.348 e. The summed E-state index contributed by atoms with van der Waals surface area (Å²) in [4.78, 5) is 36.8. The van der Waals surface area contributed by atoms with Crippen molar-refractivity contribution in [2.75, 3.05) is 20.3 Å². The first-order valence-electron chi connectivity index (χ1n) is 8.01. The van der Waals surface area contributed by atoms with Crippen molar-refractivity contribution in [1.82, 2.24) is 9.97 Å². The van der Waals surface area contributed by atoms with E-state index in [1.807, 2.05) is 6.92 Å². The number of rotatable bonds is 7. The van der Waals surface area contributed by atoms with Gasteiger partial charge >= 0.3 is 5.97 Å². The lowest BCUT2D eigenvalue weighted by molar-refractivity contribution is 0.0531. The maximum absolute atomic E-state index is 12.4. The van der Waals surface area contributed by atoms with Crippen LogP contribution in [0.4, 0.5) is 0 Å². The highest BCUT2D eigenvalue weighted by molar-refractivity contribution is 8.13. The van der Waals surface area contributed by atoms with E-state index in [1.54, 1.807) is 21.0 Å². The standard InChI is InChI=1S/C16H22N4O4S2/c1-5-24-15(22)12-9(3)11-13(21)19-10(20-14(11)26-12)7-25-16(17)18-8(2)6-23-4/h8H,5-7H2,1-4H3,(H2,17,18)(H,19,20,21)/t8-/m0/s1. The Morgan fingerprint density at radius 3 is 2.88 bits per heavy atom. The van der Waals surface area contributed by atoms with Crippen LogP contribution in [0.1, 0.15) is 34.9 Å². The number of nitrogens with two attached hydrogens (primary N) is 1. The van der Waals surface area contributed by atoms with Crippen LogP contribution < -0.4 is 11.3 Å². The number of carbonyl (C=O) groups is 1. The normalized spacial score (nSPS) is 13.2. The molecule has 0 radical (unpaired) electrons. The molecule has 2 heterocycles. The van der Waals surface area contributed by atoms with Crippen LogP contribution in [0.5, 0.6) is 0 Å². The Bertz CT molecular complexity index is 875. The summed E-state index contributed by atoms with van der Waals surface area (Å²) in [6.07, 6.45) is 0. The number of hydrogen-bond acceptors (Lipinski definition) is 8. The maximum atomic E-state index is 12.4. The van der Waals surface area contributed by atoms with Crippen molar-refractivity contribution in [2.24, 2.45) is 10.7 Å². The number of thiophene rings is 1. The van der Waals surface area contributed by atoms with Gasteiger partial charge in [-0.15, -0.1) is 11.3 Å². The highest BCUT2D eigenvalue weighted by Gasteiger charge is 2.20. The summed E-state index contributed by atoms with van der Waals surface area (Å²) in [6, 6.07) is -0.0472. The van der Waals surface area contributed by atoms with Gasteiger partial charge in [-0.1, -0.05) is 11.8 Å². The Labute approximate surface area is 159 Å². The monoisotopic (exact) mass is 398 g/mol. The van der Waals surface area contributed by atoms with E-state index in [4.69, 9.17) is 15.2 Å². The second-order valence-corrected chi connectivity index (χ2v) is 7.52. The quantitative estimate of drug-likeness (QED) is 0.416. The number of carbonyl (C=O) groups excluding carboxylic acids is 1. The number of fused-ring (bicyclic) bond motifs is 1. The van der Waals surface area contributed by atoms with Crippen molar-refractivity contribution in [2.45, 2.75) is 32.6 Å². The summed E-state index contributed by atoms with van der Waals surface area (Å²) >= 11 is 2.44. The van der Waals surface area contributed by atoms with Crippen LogP contribution in [0.15, 0.2) is 9.79 Å². The fourth-order valence-electron chi connectivity index (χ4n) is 2.32. The summed E-state index contributed by atoms with van der Waals surface area (Å²) < 4.78 is 10.0. The average Bonchev–Trinajstić information content (AvgIpc) is 2.90. The fraction of sp³-hybridized carbons (Fsp3) is 0.500. The van der Waals surface area contributed by atoms with E-state index in [-0.39, 0.29) is 18.2 Å². The molecule has 26 heavy (non-hydrogen) atoms. The molecule has 2 rings (SSSR count). The van der Waals surface area contributed by atoms with Crippen molar-refractivity contribution < 1.29 is 14.3 Å². The number of hydrogen-bond donors (Lipinski definition) is 2. The summed E-state index contributed by atoms with van der Waals surface area (Å²) in [6.45, 7) is 6.11. The molecule has 0 aliphatic carbocycles. The average molecular weight is 399 g/mol. The summed E-state index contributed by atoms with van der Waals surface area (Å²) in [7, 11) is 1.60. The molecule has 10 heteroatoms. The van der Waals surface area contributed by atoms with Gasteiger partial charge in [0.15, 0.2) is 5.17 Å². The molecule has 0 spiro atoms. The van der Waals surface area contributed by atoms with Gasteiger partial charge in [0.1, 0.15) is 15.5 Å². The third-order valence-corrected chi connectivity index (χ3v) is 5.41. The predicted molar refractivity (Wildman–Crippen MR) is 105 cm³/mol. The first-order valence-corrected chi connectivity index (χ1v) is 9.82. The number of ether oxygens (including phenoxy) is 2. The second-order valence-electron chi connectivity index (χ2n) is 5.53. The van der Waals surface area contributed by atoms with Crippen LogP contribution in [0.25, 0.3) is 10.2 Å². The Balaban J connectivity index is 2.23. The van der Waals surface area contributed by atoms with Crippen molar-refractivity contribution in [3.8, 4) is 0 Å². The van der Waals surface area contributed by atoms with Gasteiger partial charge in [0.25, 0.3) is 5.56 Å². The van der Waals surface area contributed by atoms with E-state index in [2.05, 4.69) is 15.0 Å². The van der Waals surface area contributed by atoms with Crippen molar-refractivity contribution >= 4 is 44.5 Å². The number of aromatic amines is 1. The highest BCUT2D eigenvalue weighted by Crippen LogP contribution is 2.28. The molecule has 0 amide bonds. The molecule has 0 saturated carbocycles. The third-order valence-electron chi connectivity index (χ3n) is 3.42. The molecule has 0 aliphatic heterocycles. The first-order chi connectivity index (χ1) is 12.4. The zero-order valence-electron chi connectivity index (χ0n) is 15.1. The summed E-state index contributed by atoms with van der Waals surface area (Å²) in [5, 5.41) is 0.814. The number of aromatic nitrogens is 2. The molecular weight excluding hydrogens is 376 g/mol. The Morgan fingerprint density at radius 2 is 2.23 bits per heavy atom. The van der Waals surface area contributed by atoms with Crippen LogP contribution in [0.2, 0.25) is 0 Å². The number of amidine groups is 1. The molecule has 0 bridgehead atoms. The van der Waals surface area contributed by atoms with Crippen molar-refractivity contribution in [3.05, 3.63) is 26.6 Å². The predicted octanol–water partition coefficient (Wildman–Crippen LogP) is 2.05. The van der Waals surface area contributed by atoms with E-state index in [0.29, 0.717) is 44.0 Å². The number of esters is 1. The minimum absolute atomic E-state index is 0.0472. The number of aliphatic imine (C=N–C) groups is 1. The van der Waals surface area contributed by atoms with Gasteiger partial charge in [0.2, 0.25) is 0 Å². The molecule has 1 atom stereocenters. The Kier molecular flexibility index (Phi) is 7.18. The highest BCUT2D eigenvalue weighted by atomic mass is 32.2. The number of nitrogens with zero attached hydrogens (tertiary/aromatic N) is 2. The molecule has 0 aromatic carbocycles. The summed E-state index contributed by atoms with van der Waals surface area (Å²) in [5.41, 5.74) is 6.19. The molecule has 142 valence electrons. The van der Waals surface area contributed by atoms with E-state index in [0.717, 1.165) is 11.3 Å². The number of nitrogens with one attached hydrogen (secondary N) is 1. The molecule has 3 N–H and O–H groups in total. The zero-order valence-corrected chi connectivity index (χ0v) is 16.8. The van der Waals surface area contributed by atoms with Gasteiger partial charge in [-0.25, -0.2) is 9.78 Å². The summed E-state index contributed by atoms with van der Waals surface area (Å²) in [5.74, 6) is 0.403. The molecule has 2 aromatic heterocycles. The maximum Gasteiger partial charge on any atom is 0.348 e. The number of thioether (sulfide) groups is 1. The fourth-order valence-corrected chi connectivity index (χ4v) is 4.09. The number of aryl methyl sites for hydroxylation is 1. The van der Waals surface area contributed by atoms with Crippen molar-refractivity contribution in [1.29, 1.82) is 0 Å². The second kappa shape index (κ2) is 9.15. The lowest BCUT2D eigenvalue weighted by atomic mass is 10.2. The topological polar surface area (TPSA) is 120 Å². The van der Waals surface area contributed by atoms with Crippen LogP contribution in [0.3, 0.4) is 0 Å². The number of methoxy groups -OCH3 is 1. The van der Waals surface area contributed by atoms with Gasteiger partial charge in [0, 0.05) is 7.11 Å². The molecule has 0 unspecified atom stereocenters. The molecular formula is C16H22N4O4S2. The Hall–Kier alpha value is -1.91. The van der Waals surface area contributed by atoms with E-state index in [9.17, 15) is 9.59 Å². The van der Waals surface area contributed by atoms with Crippen LogP contribution >= 0.6 is 23.1 Å². The first kappa shape index (κ1) is 20.4. The third kappa shape index (κ3) is 4.83. The van der Waals surface area contributed by atoms with Gasteiger partial charge < -0.3 is 20.2 Å². The van der Waals surface area contributed by atoms with Gasteiger partial charge in [-0.3, -0.25) is 9.79 Å². The van der Waals surface area contributed by atoms with E-state index in [1.165, 1.54) is 11.8 Å². The Morgan fingerprint density at radius 1 is 1.50 bits per heavy atom. The van der Waals surface area contributed by atoms with Crippen molar-refractivity contribution in [3.63, 3.8) is 0 Å². The minimum Gasteiger partial charge on any atom is -0.462 e. The molecule has 0 fully saturated rings. The zero-order chi connectivity index (χ0) is 19.3. The minimum atomic E-state index is -0.438. The SMILES string of the molecule is CCOC(=O)c1sc2nc(CSC(N)=N[C@@H](C)COC)[nH]c(=O)c2c1C. The lowest BCUT2D eigenvalue weighted by Crippen LogP contribution is -2.16. The molecule has 0 saturated heterocycles. The molecule has 2 aromatic rings. The van der Waals surface area contributed by atoms with Crippen LogP contribution in [-0.4, -0.2) is 47.5 Å². The lowest BCUT2D eigenvalue weighted by Gasteiger charge is -2.06.